The molecule has 0 unspecified atom stereocenters. The average molecular weight is 450 g/mol. The van der Waals surface area contributed by atoms with E-state index in [-0.39, 0.29) is 0 Å². The molecule has 1 fully saturated rings. The summed E-state index contributed by atoms with van der Waals surface area (Å²) in [5, 5.41) is 6.61. The first-order valence-corrected chi connectivity index (χ1v) is 11.3. The fourth-order valence-electron chi connectivity index (χ4n) is 3.54. The number of hydrogen-bond acceptors (Lipinski definition) is 6. The molecule has 0 bridgehead atoms. The number of nitrogens with zero attached hydrogens (tertiary/aromatic N) is 3. The maximum atomic E-state index is 5.95. The Morgan fingerprint density at radius 1 is 1.06 bits per heavy atom. The van der Waals surface area contributed by atoms with Crippen molar-refractivity contribution in [2.45, 2.75) is 13.1 Å². The molecule has 2 heterocycles. The monoisotopic (exact) mass is 449 g/mol. The molecule has 0 radical (unpaired) electrons. The molecule has 0 amide bonds. The van der Waals surface area contributed by atoms with E-state index in [0.717, 1.165) is 55.4 Å². The maximum absolute atomic E-state index is 5.95. The number of rotatable bonds is 9. The summed E-state index contributed by atoms with van der Waals surface area (Å²) in [5.74, 6) is 2.18. The lowest BCUT2D eigenvalue weighted by Gasteiger charge is -2.26. The van der Waals surface area contributed by atoms with E-state index in [1.807, 2.05) is 42.5 Å². The Hall–Kier alpha value is -3.36. The number of hydrogen-bond donors (Lipinski definition) is 2. The van der Waals surface area contributed by atoms with Gasteiger partial charge in [0.15, 0.2) is 5.96 Å². The van der Waals surface area contributed by atoms with Gasteiger partial charge in [0, 0.05) is 38.8 Å². The van der Waals surface area contributed by atoms with Gasteiger partial charge < -0.3 is 24.5 Å². The largest absolute Gasteiger partial charge is 0.492 e. The molecule has 33 heavy (non-hydrogen) atoms. The Bertz CT molecular complexity index is 1020. The number of nitrogens with one attached hydrogen (secondary N) is 2. The molecule has 1 aliphatic rings. The van der Waals surface area contributed by atoms with Gasteiger partial charge in [-0.15, -0.1) is 0 Å². The van der Waals surface area contributed by atoms with E-state index in [1.165, 1.54) is 0 Å². The zero-order valence-corrected chi connectivity index (χ0v) is 19.0. The van der Waals surface area contributed by atoms with Gasteiger partial charge in [0.05, 0.1) is 25.5 Å². The minimum absolute atomic E-state index is 0.515. The second-order valence-corrected chi connectivity index (χ2v) is 7.74. The molecule has 4 rings (SSSR count). The van der Waals surface area contributed by atoms with Crippen LogP contribution in [0.5, 0.6) is 5.75 Å². The quantitative estimate of drug-likeness (QED) is 0.384. The third kappa shape index (κ3) is 7.06. The Labute approximate surface area is 194 Å². The molecule has 2 N–H and O–H groups in total. The van der Waals surface area contributed by atoms with Gasteiger partial charge in [-0.2, -0.15) is 0 Å². The summed E-state index contributed by atoms with van der Waals surface area (Å²) in [7, 11) is 1.75. The van der Waals surface area contributed by atoms with Crippen LogP contribution in [0, 0.1) is 0 Å². The highest BCUT2D eigenvalue weighted by atomic mass is 16.5. The minimum Gasteiger partial charge on any atom is -0.492 e. The number of aliphatic imine (C=N–C) groups is 1. The summed E-state index contributed by atoms with van der Waals surface area (Å²) in [6, 6.07) is 18.0. The Balaban J connectivity index is 1.21. The molecule has 3 aromatic rings. The third-order valence-corrected chi connectivity index (χ3v) is 5.37. The van der Waals surface area contributed by atoms with Crippen LogP contribution < -0.4 is 15.4 Å². The lowest BCUT2D eigenvalue weighted by Crippen LogP contribution is -2.38. The number of ether oxygens (including phenoxy) is 2. The fourth-order valence-corrected chi connectivity index (χ4v) is 3.54. The summed E-state index contributed by atoms with van der Waals surface area (Å²) < 4.78 is 16.9. The highest BCUT2D eigenvalue weighted by Gasteiger charge is 2.10. The third-order valence-electron chi connectivity index (χ3n) is 5.37. The molecule has 174 valence electrons. The van der Waals surface area contributed by atoms with Crippen LogP contribution in [0.25, 0.3) is 11.5 Å². The molecule has 1 saturated heterocycles. The molecular weight excluding hydrogens is 418 g/mol. The zero-order chi connectivity index (χ0) is 22.7. The van der Waals surface area contributed by atoms with E-state index in [0.29, 0.717) is 31.5 Å². The minimum atomic E-state index is 0.515. The SMILES string of the molecule is CN=C(NCc1cccc(OCCN2CCOCC2)c1)NCc1coc(-c2ccccc2)n1. The first-order chi connectivity index (χ1) is 16.3. The van der Waals surface area contributed by atoms with Crippen molar-refractivity contribution in [3.63, 3.8) is 0 Å². The highest BCUT2D eigenvalue weighted by Crippen LogP contribution is 2.18. The van der Waals surface area contributed by atoms with Crippen molar-refractivity contribution in [3.05, 3.63) is 72.1 Å². The first kappa shape index (κ1) is 22.8. The van der Waals surface area contributed by atoms with Gasteiger partial charge in [0.25, 0.3) is 0 Å². The van der Waals surface area contributed by atoms with Gasteiger partial charge in [-0.05, 0) is 29.8 Å². The van der Waals surface area contributed by atoms with E-state index in [4.69, 9.17) is 13.9 Å². The first-order valence-electron chi connectivity index (χ1n) is 11.3. The predicted molar refractivity (Wildman–Crippen MR) is 128 cm³/mol. The second-order valence-electron chi connectivity index (χ2n) is 7.74. The van der Waals surface area contributed by atoms with Crippen LogP contribution in [0.4, 0.5) is 0 Å². The molecule has 0 aliphatic carbocycles. The molecule has 1 aliphatic heterocycles. The fraction of sp³-hybridized carbons (Fsp3) is 0.360. The Kier molecular flexibility index (Phi) is 8.32. The number of benzene rings is 2. The van der Waals surface area contributed by atoms with Crippen molar-refractivity contribution in [1.29, 1.82) is 0 Å². The molecular formula is C25H31N5O3. The van der Waals surface area contributed by atoms with Gasteiger partial charge in [0.1, 0.15) is 18.6 Å². The highest BCUT2D eigenvalue weighted by molar-refractivity contribution is 5.79. The van der Waals surface area contributed by atoms with E-state index in [1.54, 1.807) is 13.3 Å². The van der Waals surface area contributed by atoms with Crippen LogP contribution in [-0.4, -0.2) is 62.3 Å². The lowest BCUT2D eigenvalue weighted by molar-refractivity contribution is 0.0322. The van der Waals surface area contributed by atoms with Gasteiger partial charge in [-0.25, -0.2) is 4.98 Å². The molecule has 2 aromatic carbocycles. The van der Waals surface area contributed by atoms with Crippen molar-refractivity contribution in [1.82, 2.24) is 20.5 Å². The standard InChI is InChI=1S/C25H31N5O3/c1-26-25(28-18-22-19-33-24(29-22)21-7-3-2-4-8-21)27-17-20-6-5-9-23(16-20)32-15-12-30-10-13-31-14-11-30/h2-9,16,19H,10-15,17-18H2,1H3,(H2,26,27,28). The maximum Gasteiger partial charge on any atom is 0.226 e. The van der Waals surface area contributed by atoms with Gasteiger partial charge in [-0.1, -0.05) is 30.3 Å². The van der Waals surface area contributed by atoms with Crippen LogP contribution in [0.1, 0.15) is 11.3 Å². The summed E-state index contributed by atoms with van der Waals surface area (Å²) >= 11 is 0. The van der Waals surface area contributed by atoms with Crippen LogP contribution in [0.2, 0.25) is 0 Å². The summed E-state index contributed by atoms with van der Waals surface area (Å²) in [6.07, 6.45) is 1.67. The van der Waals surface area contributed by atoms with E-state index < -0.39 is 0 Å². The molecule has 0 atom stereocenters. The molecule has 0 saturated carbocycles. The van der Waals surface area contributed by atoms with E-state index in [2.05, 4.69) is 37.6 Å². The number of aromatic nitrogens is 1. The number of oxazole rings is 1. The van der Waals surface area contributed by atoms with Gasteiger partial charge in [-0.3, -0.25) is 9.89 Å². The van der Waals surface area contributed by atoms with Crippen molar-refractivity contribution in [2.24, 2.45) is 4.99 Å². The van der Waals surface area contributed by atoms with Crippen molar-refractivity contribution >= 4 is 5.96 Å². The molecule has 0 spiro atoms. The van der Waals surface area contributed by atoms with Crippen molar-refractivity contribution in [3.8, 4) is 17.2 Å². The summed E-state index contributed by atoms with van der Waals surface area (Å²) in [4.78, 5) is 11.2. The summed E-state index contributed by atoms with van der Waals surface area (Å²) in [6.45, 7) is 6.29. The molecule has 8 nitrogen and oxygen atoms in total. The van der Waals surface area contributed by atoms with Crippen LogP contribution in [0.3, 0.4) is 0 Å². The molecule has 1 aromatic heterocycles. The van der Waals surface area contributed by atoms with Gasteiger partial charge >= 0.3 is 0 Å². The van der Waals surface area contributed by atoms with Gasteiger partial charge in [0.2, 0.25) is 5.89 Å². The van der Waals surface area contributed by atoms with E-state index >= 15 is 0 Å². The number of guanidine groups is 1. The van der Waals surface area contributed by atoms with Crippen LogP contribution in [0.15, 0.2) is 70.3 Å². The van der Waals surface area contributed by atoms with E-state index in [9.17, 15) is 0 Å². The van der Waals surface area contributed by atoms with Crippen LogP contribution in [-0.2, 0) is 17.8 Å². The van der Waals surface area contributed by atoms with Crippen molar-refractivity contribution < 1.29 is 13.9 Å². The predicted octanol–water partition coefficient (Wildman–Crippen LogP) is 2.92. The van der Waals surface area contributed by atoms with Crippen LogP contribution >= 0.6 is 0 Å². The smallest absolute Gasteiger partial charge is 0.226 e. The van der Waals surface area contributed by atoms with Crippen molar-refractivity contribution in [2.75, 3.05) is 46.5 Å². The number of morpholine rings is 1. The zero-order valence-electron chi connectivity index (χ0n) is 19.0. The molecule has 8 heteroatoms. The topological polar surface area (TPSA) is 84.2 Å². The summed E-state index contributed by atoms with van der Waals surface area (Å²) in [5.41, 5.74) is 2.89. The normalized spacial score (nSPS) is 14.8. The lowest BCUT2D eigenvalue weighted by atomic mass is 10.2. The average Bonchev–Trinajstić information content (AvgIpc) is 3.35. The Morgan fingerprint density at radius 3 is 2.70 bits per heavy atom. The second kappa shape index (κ2) is 12.0. The Morgan fingerprint density at radius 2 is 1.88 bits per heavy atom.